The second kappa shape index (κ2) is 9.78. The summed E-state index contributed by atoms with van der Waals surface area (Å²) in [6.45, 7) is 6.39. The zero-order valence-corrected chi connectivity index (χ0v) is 15.5. The van der Waals surface area contributed by atoms with Gasteiger partial charge in [0.15, 0.2) is 0 Å². The van der Waals surface area contributed by atoms with Crippen molar-refractivity contribution in [2.24, 2.45) is 0 Å². The standard InChI is InChI=1S/C20H25N3O4/c1-2-26-17-3-5-18(6-4-17)27-12-9-22-20(24)19-15-16(7-8-21-19)23-10-13-25-14-11-23/h3-8,15H,2,9-14H2,1H3,(H,22,24). The van der Waals surface area contributed by atoms with Crippen LogP contribution in [0.25, 0.3) is 0 Å². The van der Waals surface area contributed by atoms with Gasteiger partial charge in [-0.15, -0.1) is 0 Å². The molecule has 0 unspecified atom stereocenters. The summed E-state index contributed by atoms with van der Waals surface area (Å²) in [7, 11) is 0. The van der Waals surface area contributed by atoms with Crippen LogP contribution in [0.3, 0.4) is 0 Å². The van der Waals surface area contributed by atoms with E-state index in [1.165, 1.54) is 0 Å². The topological polar surface area (TPSA) is 72.9 Å². The first-order valence-corrected chi connectivity index (χ1v) is 9.19. The molecule has 0 bridgehead atoms. The predicted octanol–water partition coefficient (Wildman–Crippen LogP) is 2.13. The number of benzene rings is 1. The summed E-state index contributed by atoms with van der Waals surface area (Å²) in [6.07, 6.45) is 1.66. The minimum absolute atomic E-state index is 0.208. The molecule has 3 rings (SSSR count). The Labute approximate surface area is 159 Å². The maximum Gasteiger partial charge on any atom is 0.270 e. The van der Waals surface area contributed by atoms with Crippen molar-refractivity contribution in [2.45, 2.75) is 6.92 Å². The van der Waals surface area contributed by atoms with Gasteiger partial charge in [0, 0.05) is 25.0 Å². The number of carbonyl (C=O) groups is 1. The molecule has 2 heterocycles. The molecule has 27 heavy (non-hydrogen) atoms. The Balaban J connectivity index is 1.45. The molecule has 0 spiro atoms. The van der Waals surface area contributed by atoms with E-state index in [1.807, 2.05) is 43.3 Å². The number of hydrogen-bond donors (Lipinski definition) is 1. The maximum absolute atomic E-state index is 12.3. The molecule has 1 aliphatic rings. The molecular formula is C20H25N3O4. The molecule has 1 fully saturated rings. The highest BCUT2D eigenvalue weighted by molar-refractivity contribution is 5.93. The Morgan fingerprint density at radius 3 is 2.56 bits per heavy atom. The molecule has 2 aromatic rings. The van der Waals surface area contributed by atoms with E-state index in [1.54, 1.807) is 6.20 Å². The highest BCUT2D eigenvalue weighted by Crippen LogP contribution is 2.18. The SMILES string of the molecule is CCOc1ccc(OCCNC(=O)c2cc(N3CCOCC3)ccn2)cc1. The number of nitrogens with zero attached hydrogens (tertiary/aromatic N) is 2. The van der Waals surface area contributed by atoms with Crippen LogP contribution in [0.4, 0.5) is 5.69 Å². The van der Waals surface area contributed by atoms with Gasteiger partial charge in [-0.1, -0.05) is 0 Å². The Hall–Kier alpha value is -2.80. The fourth-order valence-corrected chi connectivity index (χ4v) is 2.78. The van der Waals surface area contributed by atoms with Crippen molar-refractivity contribution in [1.82, 2.24) is 10.3 Å². The number of rotatable bonds is 8. The van der Waals surface area contributed by atoms with Crippen LogP contribution < -0.4 is 19.7 Å². The van der Waals surface area contributed by atoms with Crippen molar-refractivity contribution in [3.8, 4) is 11.5 Å². The lowest BCUT2D eigenvalue weighted by Gasteiger charge is -2.28. The second-order valence-electron chi connectivity index (χ2n) is 6.01. The van der Waals surface area contributed by atoms with E-state index in [9.17, 15) is 4.79 Å². The zero-order valence-electron chi connectivity index (χ0n) is 15.5. The molecule has 0 saturated carbocycles. The van der Waals surface area contributed by atoms with Crippen molar-refractivity contribution < 1.29 is 19.0 Å². The van der Waals surface area contributed by atoms with E-state index in [4.69, 9.17) is 14.2 Å². The third-order valence-corrected chi connectivity index (χ3v) is 4.14. The molecule has 7 heteroatoms. The maximum atomic E-state index is 12.3. The van der Waals surface area contributed by atoms with Crippen molar-refractivity contribution in [3.05, 3.63) is 48.3 Å². The van der Waals surface area contributed by atoms with Gasteiger partial charge < -0.3 is 24.4 Å². The number of anilines is 1. The third-order valence-electron chi connectivity index (χ3n) is 4.14. The monoisotopic (exact) mass is 371 g/mol. The molecule has 0 aliphatic carbocycles. The fraction of sp³-hybridized carbons (Fsp3) is 0.400. The van der Waals surface area contributed by atoms with Crippen molar-refractivity contribution in [3.63, 3.8) is 0 Å². The van der Waals surface area contributed by atoms with E-state index in [0.717, 1.165) is 30.3 Å². The highest BCUT2D eigenvalue weighted by atomic mass is 16.5. The van der Waals surface area contributed by atoms with Crippen LogP contribution in [0.15, 0.2) is 42.6 Å². The zero-order chi connectivity index (χ0) is 18.9. The summed E-state index contributed by atoms with van der Waals surface area (Å²) in [4.78, 5) is 18.7. The quantitative estimate of drug-likeness (QED) is 0.717. The summed E-state index contributed by atoms with van der Waals surface area (Å²) in [6, 6.07) is 11.1. The average molecular weight is 371 g/mol. The van der Waals surface area contributed by atoms with Gasteiger partial charge in [-0.2, -0.15) is 0 Å². The minimum atomic E-state index is -0.208. The normalized spacial score (nSPS) is 13.9. The lowest BCUT2D eigenvalue weighted by Crippen LogP contribution is -2.36. The lowest BCUT2D eigenvalue weighted by molar-refractivity contribution is 0.0942. The number of carbonyl (C=O) groups excluding carboxylic acids is 1. The summed E-state index contributed by atoms with van der Waals surface area (Å²) >= 11 is 0. The minimum Gasteiger partial charge on any atom is -0.494 e. The van der Waals surface area contributed by atoms with Gasteiger partial charge in [-0.25, -0.2) is 0 Å². The van der Waals surface area contributed by atoms with Crippen LogP contribution in [0, 0.1) is 0 Å². The summed E-state index contributed by atoms with van der Waals surface area (Å²) < 4.78 is 16.4. The van der Waals surface area contributed by atoms with Crippen LogP contribution in [-0.4, -0.2) is 57.0 Å². The molecule has 7 nitrogen and oxygen atoms in total. The second-order valence-corrected chi connectivity index (χ2v) is 6.01. The van der Waals surface area contributed by atoms with Gasteiger partial charge in [-0.3, -0.25) is 9.78 Å². The van der Waals surface area contributed by atoms with Crippen LogP contribution in [0.5, 0.6) is 11.5 Å². The number of pyridine rings is 1. The van der Waals surface area contributed by atoms with E-state index >= 15 is 0 Å². The first kappa shape index (κ1) is 19.0. The molecule has 144 valence electrons. The summed E-state index contributed by atoms with van der Waals surface area (Å²) in [5.74, 6) is 1.34. The van der Waals surface area contributed by atoms with Gasteiger partial charge in [0.25, 0.3) is 5.91 Å². The Bertz CT molecular complexity index is 730. The first-order valence-electron chi connectivity index (χ1n) is 9.19. The third kappa shape index (κ3) is 5.59. The number of ether oxygens (including phenoxy) is 3. The molecule has 1 saturated heterocycles. The predicted molar refractivity (Wildman–Crippen MR) is 103 cm³/mol. The van der Waals surface area contributed by atoms with Crippen molar-refractivity contribution in [1.29, 1.82) is 0 Å². The van der Waals surface area contributed by atoms with Gasteiger partial charge in [0.2, 0.25) is 0 Å². The highest BCUT2D eigenvalue weighted by Gasteiger charge is 2.14. The van der Waals surface area contributed by atoms with E-state index in [-0.39, 0.29) is 5.91 Å². The molecular weight excluding hydrogens is 346 g/mol. The molecule has 0 radical (unpaired) electrons. The summed E-state index contributed by atoms with van der Waals surface area (Å²) in [5.41, 5.74) is 1.39. The number of morpholine rings is 1. The Morgan fingerprint density at radius 2 is 1.85 bits per heavy atom. The van der Waals surface area contributed by atoms with E-state index in [2.05, 4.69) is 15.2 Å². The van der Waals surface area contributed by atoms with Crippen LogP contribution >= 0.6 is 0 Å². The molecule has 1 aliphatic heterocycles. The van der Waals surface area contributed by atoms with Crippen LogP contribution in [-0.2, 0) is 4.74 Å². The average Bonchev–Trinajstić information content (AvgIpc) is 2.73. The number of nitrogens with one attached hydrogen (secondary N) is 1. The molecule has 0 atom stereocenters. The van der Waals surface area contributed by atoms with E-state index in [0.29, 0.717) is 38.7 Å². The van der Waals surface area contributed by atoms with Crippen molar-refractivity contribution >= 4 is 11.6 Å². The molecule has 1 aromatic heterocycles. The lowest BCUT2D eigenvalue weighted by atomic mass is 10.2. The number of hydrogen-bond acceptors (Lipinski definition) is 6. The molecule has 1 amide bonds. The van der Waals surface area contributed by atoms with Crippen LogP contribution in [0.2, 0.25) is 0 Å². The molecule has 1 N–H and O–H groups in total. The smallest absolute Gasteiger partial charge is 0.270 e. The van der Waals surface area contributed by atoms with Gasteiger partial charge in [0.05, 0.1) is 26.4 Å². The Morgan fingerprint density at radius 1 is 1.15 bits per heavy atom. The summed E-state index contributed by atoms with van der Waals surface area (Å²) in [5, 5.41) is 2.84. The van der Waals surface area contributed by atoms with Crippen molar-refractivity contribution in [2.75, 3.05) is 51.0 Å². The Kier molecular flexibility index (Phi) is 6.87. The first-order chi connectivity index (χ1) is 13.3. The van der Waals surface area contributed by atoms with Gasteiger partial charge >= 0.3 is 0 Å². The number of amides is 1. The van der Waals surface area contributed by atoms with E-state index < -0.39 is 0 Å². The number of aromatic nitrogens is 1. The van der Waals surface area contributed by atoms with Crippen LogP contribution in [0.1, 0.15) is 17.4 Å². The molecule has 1 aromatic carbocycles. The van der Waals surface area contributed by atoms with Gasteiger partial charge in [-0.05, 0) is 43.3 Å². The van der Waals surface area contributed by atoms with Gasteiger partial charge in [0.1, 0.15) is 23.8 Å². The largest absolute Gasteiger partial charge is 0.494 e. The fourth-order valence-electron chi connectivity index (χ4n) is 2.78.